The Morgan fingerprint density at radius 2 is 1.89 bits per heavy atom. The monoisotopic (exact) mass is 286 g/mol. The average molecular weight is 286 g/mol. The molecule has 0 saturated carbocycles. The molecular weight excluding hydrogens is 260 g/mol. The Labute approximate surface area is 117 Å². The van der Waals surface area contributed by atoms with E-state index in [0.717, 1.165) is 18.4 Å². The van der Waals surface area contributed by atoms with E-state index in [1.54, 1.807) is 16.7 Å². The lowest BCUT2D eigenvalue weighted by Crippen LogP contribution is -2.29. The number of pyridine rings is 1. The molecule has 1 aromatic heterocycles. The van der Waals surface area contributed by atoms with E-state index in [-0.39, 0.29) is 6.04 Å². The molecule has 2 rings (SSSR count). The van der Waals surface area contributed by atoms with Crippen molar-refractivity contribution >= 4 is 10.0 Å². The first-order valence-electron chi connectivity index (χ1n) is 6.96. The fourth-order valence-corrected chi connectivity index (χ4v) is 3.19. The molecule has 0 aliphatic carbocycles. The van der Waals surface area contributed by atoms with Crippen LogP contribution in [0.4, 0.5) is 0 Å². The number of hydrogen-bond acceptors (Lipinski definition) is 3. The van der Waals surface area contributed by atoms with E-state index >= 15 is 0 Å². The second-order valence-electron chi connectivity index (χ2n) is 3.82. The number of hydrogen-bond donors (Lipinski definition) is 0. The Hall–Kier alpha value is -0.940. The van der Waals surface area contributed by atoms with Crippen LogP contribution in [0.1, 0.15) is 52.1 Å². The van der Waals surface area contributed by atoms with Crippen molar-refractivity contribution in [3.63, 3.8) is 0 Å². The molecule has 1 unspecified atom stereocenters. The van der Waals surface area contributed by atoms with Crippen LogP contribution in [0.2, 0.25) is 0 Å². The molecule has 0 amide bonds. The maximum Gasteiger partial charge on any atom is 0.211 e. The van der Waals surface area contributed by atoms with Gasteiger partial charge < -0.3 is 0 Å². The molecular formula is C14H26N2O2S. The lowest BCUT2D eigenvalue weighted by molar-refractivity contribution is 0.400. The van der Waals surface area contributed by atoms with E-state index < -0.39 is 10.0 Å². The van der Waals surface area contributed by atoms with E-state index in [2.05, 4.69) is 4.98 Å². The van der Waals surface area contributed by atoms with Crippen LogP contribution >= 0.6 is 0 Å². The molecule has 110 valence electrons. The number of rotatable bonds is 2. The first kappa shape index (κ1) is 18.1. The minimum Gasteiger partial charge on any atom is -0.264 e. The van der Waals surface area contributed by atoms with Crippen LogP contribution in [0.3, 0.4) is 0 Å². The molecule has 2 heterocycles. The fourth-order valence-electron chi connectivity index (χ4n) is 2.04. The quantitative estimate of drug-likeness (QED) is 0.838. The van der Waals surface area contributed by atoms with Crippen molar-refractivity contribution in [2.24, 2.45) is 0 Å². The van der Waals surface area contributed by atoms with Crippen LogP contribution in [0.5, 0.6) is 0 Å². The van der Waals surface area contributed by atoms with Crippen LogP contribution < -0.4 is 0 Å². The number of aromatic nitrogens is 1. The summed E-state index contributed by atoms with van der Waals surface area (Å²) in [5.41, 5.74) is 0.987. The predicted octanol–water partition coefficient (Wildman–Crippen LogP) is 3.23. The Morgan fingerprint density at radius 1 is 1.26 bits per heavy atom. The highest BCUT2D eigenvalue weighted by Gasteiger charge is 2.32. The van der Waals surface area contributed by atoms with Crippen LogP contribution in [0.15, 0.2) is 24.5 Å². The van der Waals surface area contributed by atoms with E-state index in [1.807, 2.05) is 39.8 Å². The van der Waals surface area contributed by atoms with Gasteiger partial charge in [0.15, 0.2) is 0 Å². The van der Waals surface area contributed by atoms with Gasteiger partial charge in [0.2, 0.25) is 10.0 Å². The molecule has 1 saturated heterocycles. The molecule has 1 atom stereocenters. The largest absolute Gasteiger partial charge is 0.264 e. The topological polar surface area (TPSA) is 50.3 Å². The van der Waals surface area contributed by atoms with Gasteiger partial charge in [0.05, 0.1) is 12.3 Å². The normalized spacial score (nSPS) is 18.9. The van der Waals surface area contributed by atoms with Crippen molar-refractivity contribution in [1.82, 2.24) is 9.29 Å². The van der Waals surface area contributed by atoms with E-state index in [9.17, 15) is 8.42 Å². The zero-order valence-electron chi connectivity index (χ0n) is 12.6. The molecule has 19 heavy (non-hydrogen) atoms. The summed E-state index contributed by atoms with van der Waals surface area (Å²) < 4.78 is 24.6. The summed E-state index contributed by atoms with van der Waals surface area (Å²) in [4.78, 5) is 4.02. The highest BCUT2D eigenvalue weighted by atomic mass is 32.2. The lowest BCUT2D eigenvalue weighted by Gasteiger charge is -2.21. The summed E-state index contributed by atoms with van der Waals surface area (Å²) in [6, 6.07) is 3.75. The lowest BCUT2D eigenvalue weighted by atomic mass is 10.1. The van der Waals surface area contributed by atoms with Crippen LogP contribution in [-0.2, 0) is 10.0 Å². The van der Waals surface area contributed by atoms with Crippen LogP contribution in [-0.4, -0.2) is 30.5 Å². The molecule has 0 N–H and O–H groups in total. The minimum absolute atomic E-state index is 0.0197. The van der Waals surface area contributed by atoms with Gasteiger partial charge in [-0.2, -0.15) is 4.31 Å². The van der Waals surface area contributed by atoms with Crippen molar-refractivity contribution in [3.05, 3.63) is 30.1 Å². The highest BCUT2D eigenvalue weighted by Crippen LogP contribution is 2.32. The molecule has 1 aliphatic rings. The van der Waals surface area contributed by atoms with E-state index in [0.29, 0.717) is 6.54 Å². The van der Waals surface area contributed by atoms with Gasteiger partial charge in [-0.3, -0.25) is 4.98 Å². The molecule has 0 spiro atoms. The Bertz CT molecular complexity index is 432. The maximum atomic E-state index is 11.5. The Kier molecular flexibility index (Phi) is 8.59. The highest BCUT2D eigenvalue weighted by molar-refractivity contribution is 7.88. The second-order valence-corrected chi connectivity index (χ2v) is 5.75. The van der Waals surface area contributed by atoms with Gasteiger partial charge in [-0.25, -0.2) is 8.42 Å². The van der Waals surface area contributed by atoms with Gasteiger partial charge in [0, 0.05) is 18.9 Å². The molecule has 0 bridgehead atoms. The van der Waals surface area contributed by atoms with E-state index in [1.165, 1.54) is 6.26 Å². The van der Waals surface area contributed by atoms with Crippen molar-refractivity contribution in [3.8, 4) is 0 Å². The summed E-state index contributed by atoms with van der Waals surface area (Å²) in [5.74, 6) is 0. The van der Waals surface area contributed by atoms with Crippen molar-refractivity contribution in [2.75, 3.05) is 12.8 Å². The summed E-state index contributed by atoms with van der Waals surface area (Å²) in [6.07, 6.45) is 6.52. The van der Waals surface area contributed by atoms with Gasteiger partial charge in [0.25, 0.3) is 0 Å². The summed E-state index contributed by atoms with van der Waals surface area (Å²) >= 11 is 0. The first-order valence-corrected chi connectivity index (χ1v) is 8.80. The smallest absolute Gasteiger partial charge is 0.211 e. The molecule has 4 nitrogen and oxygen atoms in total. The molecule has 0 aromatic carbocycles. The Morgan fingerprint density at radius 3 is 2.37 bits per heavy atom. The minimum atomic E-state index is -3.09. The van der Waals surface area contributed by atoms with Crippen molar-refractivity contribution in [1.29, 1.82) is 0 Å². The zero-order valence-corrected chi connectivity index (χ0v) is 13.4. The molecule has 1 aliphatic heterocycles. The van der Waals surface area contributed by atoms with Gasteiger partial charge in [-0.15, -0.1) is 0 Å². The summed E-state index contributed by atoms with van der Waals surface area (Å²) in [6.45, 7) is 8.62. The SMILES string of the molecule is CC.CC.CS(=O)(=O)N1CCCC1c1cccnc1. The van der Waals surface area contributed by atoms with E-state index in [4.69, 9.17) is 0 Å². The van der Waals surface area contributed by atoms with Crippen molar-refractivity contribution in [2.45, 2.75) is 46.6 Å². The number of nitrogens with zero attached hydrogens (tertiary/aromatic N) is 2. The molecule has 0 radical (unpaired) electrons. The standard InChI is InChI=1S/C10H14N2O2S.2C2H6/c1-15(13,14)12-7-3-5-10(12)9-4-2-6-11-8-9;2*1-2/h2,4,6,8,10H,3,5,7H2,1H3;2*1-2H3. The van der Waals surface area contributed by atoms with Crippen LogP contribution in [0.25, 0.3) is 0 Å². The molecule has 1 aromatic rings. The summed E-state index contributed by atoms with van der Waals surface area (Å²) in [5, 5.41) is 0. The number of sulfonamides is 1. The Balaban J connectivity index is 0.000000741. The third-order valence-corrected chi connectivity index (χ3v) is 3.99. The first-order chi connectivity index (χ1) is 9.09. The zero-order chi connectivity index (χ0) is 14.9. The van der Waals surface area contributed by atoms with Gasteiger partial charge in [-0.05, 0) is 24.5 Å². The van der Waals surface area contributed by atoms with Crippen molar-refractivity contribution < 1.29 is 8.42 Å². The average Bonchev–Trinajstić information content (AvgIpc) is 2.94. The molecule has 1 fully saturated rings. The van der Waals surface area contributed by atoms with Gasteiger partial charge in [0.1, 0.15) is 0 Å². The van der Waals surface area contributed by atoms with Crippen LogP contribution in [0, 0.1) is 0 Å². The summed E-state index contributed by atoms with van der Waals surface area (Å²) in [7, 11) is -3.09. The predicted molar refractivity (Wildman–Crippen MR) is 80.5 cm³/mol. The second kappa shape index (κ2) is 9.04. The van der Waals surface area contributed by atoms with Gasteiger partial charge in [-0.1, -0.05) is 33.8 Å². The maximum absolute atomic E-state index is 11.5. The fraction of sp³-hybridized carbons (Fsp3) is 0.643. The third kappa shape index (κ3) is 5.28. The third-order valence-electron chi connectivity index (χ3n) is 2.70. The van der Waals surface area contributed by atoms with Gasteiger partial charge >= 0.3 is 0 Å². The molecule has 5 heteroatoms.